The molecule has 1 atom stereocenters. The van der Waals surface area contributed by atoms with Gasteiger partial charge in [-0.1, -0.05) is 50.8 Å². The fourth-order valence-electron chi connectivity index (χ4n) is 3.12. The molecule has 0 bridgehead atoms. The summed E-state index contributed by atoms with van der Waals surface area (Å²) in [5.74, 6) is 0.270. The molecule has 2 aromatic rings. The van der Waals surface area contributed by atoms with Gasteiger partial charge in [0.2, 0.25) is 5.88 Å². The molecule has 1 heterocycles. The van der Waals surface area contributed by atoms with E-state index in [1.54, 1.807) is 13.8 Å². The van der Waals surface area contributed by atoms with E-state index in [-0.39, 0.29) is 11.4 Å². The van der Waals surface area contributed by atoms with Gasteiger partial charge in [0.25, 0.3) is 5.56 Å². The van der Waals surface area contributed by atoms with Gasteiger partial charge in [-0.25, -0.2) is 0 Å². The summed E-state index contributed by atoms with van der Waals surface area (Å²) in [4.78, 5) is 12.7. The third-order valence-electron chi connectivity index (χ3n) is 5.23. The Bertz CT molecular complexity index is 851. The molecule has 0 aliphatic rings. The summed E-state index contributed by atoms with van der Waals surface area (Å²) in [6.07, 6.45) is 4.27. The lowest BCUT2D eigenvalue weighted by Gasteiger charge is -2.19. The largest absolute Gasteiger partial charge is 0.493 e. The molecule has 146 valence electrons. The van der Waals surface area contributed by atoms with Crippen LogP contribution in [0, 0.1) is 26.7 Å². The molecule has 2 rings (SSSR count). The molecule has 0 fully saturated rings. The monoisotopic (exact) mass is 369 g/mol. The van der Waals surface area contributed by atoms with Crippen molar-refractivity contribution in [3.05, 3.63) is 51.3 Å². The molecule has 0 aliphatic carbocycles. The summed E-state index contributed by atoms with van der Waals surface area (Å²) in [6, 6.07) is 7.69. The number of benzene rings is 1. The number of aromatic nitrogens is 1. The van der Waals surface area contributed by atoms with Gasteiger partial charge < -0.3 is 5.11 Å². The maximum Gasteiger partial charge on any atom is 0.256 e. The Kier molecular flexibility index (Phi) is 7.34. The number of rotatable bonds is 8. The molecular formula is C22H31N3O2. The molecule has 0 radical (unpaired) electrons. The maximum absolute atomic E-state index is 12.7. The number of aromatic hydroxyl groups is 1. The molecule has 5 nitrogen and oxygen atoms in total. The van der Waals surface area contributed by atoms with E-state index in [4.69, 9.17) is 0 Å². The molecule has 0 aliphatic heterocycles. The zero-order chi connectivity index (χ0) is 20.0. The number of hydrogen-bond acceptors (Lipinski definition) is 4. The van der Waals surface area contributed by atoms with Crippen LogP contribution in [0.4, 0.5) is 11.4 Å². The first kappa shape index (κ1) is 20.9. The lowest BCUT2D eigenvalue weighted by molar-refractivity contribution is 0.340. The molecule has 0 saturated heterocycles. The van der Waals surface area contributed by atoms with Gasteiger partial charge in [0, 0.05) is 12.1 Å². The third-order valence-corrected chi connectivity index (χ3v) is 5.23. The predicted molar refractivity (Wildman–Crippen MR) is 111 cm³/mol. The molecule has 1 aromatic heterocycles. The first-order chi connectivity index (χ1) is 12.9. The minimum absolute atomic E-state index is 0.0890. The van der Waals surface area contributed by atoms with Crippen LogP contribution in [0.5, 0.6) is 5.88 Å². The van der Waals surface area contributed by atoms with Crippen LogP contribution >= 0.6 is 0 Å². The van der Waals surface area contributed by atoms with Gasteiger partial charge in [0.1, 0.15) is 5.69 Å². The summed E-state index contributed by atoms with van der Waals surface area (Å²) < 4.78 is 1.47. The second kappa shape index (κ2) is 9.49. The van der Waals surface area contributed by atoms with Crippen molar-refractivity contribution < 1.29 is 5.11 Å². The predicted octanol–water partition coefficient (Wildman–Crippen LogP) is 6.11. The SMILES string of the molecule is CCCC[C@H](CC)Cn1c(O)c(/N=N/c2ccc(C)cc2)c(C)c(C)c1=O. The quantitative estimate of drug-likeness (QED) is 0.570. The van der Waals surface area contributed by atoms with E-state index in [0.29, 0.717) is 35.0 Å². The maximum atomic E-state index is 12.7. The van der Waals surface area contributed by atoms with Crippen LogP contribution in [0.15, 0.2) is 39.3 Å². The van der Waals surface area contributed by atoms with Crippen LogP contribution in [-0.4, -0.2) is 9.67 Å². The highest BCUT2D eigenvalue weighted by Gasteiger charge is 2.19. The Balaban J connectivity index is 2.41. The Morgan fingerprint density at radius 2 is 1.70 bits per heavy atom. The van der Waals surface area contributed by atoms with E-state index in [1.165, 1.54) is 4.57 Å². The van der Waals surface area contributed by atoms with Gasteiger partial charge in [0.05, 0.1) is 5.69 Å². The van der Waals surface area contributed by atoms with E-state index < -0.39 is 0 Å². The topological polar surface area (TPSA) is 66.9 Å². The number of hydrogen-bond donors (Lipinski definition) is 1. The van der Waals surface area contributed by atoms with Crippen molar-refractivity contribution in [1.29, 1.82) is 0 Å². The second-order valence-electron chi connectivity index (χ2n) is 7.29. The van der Waals surface area contributed by atoms with Crippen LogP contribution in [-0.2, 0) is 6.54 Å². The Labute approximate surface area is 161 Å². The van der Waals surface area contributed by atoms with Gasteiger partial charge in [-0.05, 0) is 50.8 Å². The number of aryl methyl sites for hydroxylation is 1. The van der Waals surface area contributed by atoms with E-state index >= 15 is 0 Å². The highest BCUT2D eigenvalue weighted by molar-refractivity contribution is 5.56. The van der Waals surface area contributed by atoms with Crippen LogP contribution in [0.1, 0.15) is 56.2 Å². The Hall–Kier alpha value is -2.43. The fraction of sp³-hybridized carbons (Fsp3) is 0.500. The van der Waals surface area contributed by atoms with Gasteiger partial charge >= 0.3 is 0 Å². The molecule has 1 aromatic carbocycles. The average molecular weight is 370 g/mol. The molecule has 0 amide bonds. The Morgan fingerprint density at radius 1 is 1.04 bits per heavy atom. The number of unbranched alkanes of at least 4 members (excludes halogenated alkanes) is 1. The van der Waals surface area contributed by atoms with Crippen molar-refractivity contribution >= 4 is 11.4 Å². The van der Waals surface area contributed by atoms with E-state index in [2.05, 4.69) is 24.1 Å². The molecule has 0 unspecified atom stereocenters. The zero-order valence-electron chi connectivity index (χ0n) is 17.1. The molecule has 0 spiro atoms. The first-order valence-electron chi connectivity index (χ1n) is 9.80. The normalized spacial score (nSPS) is 12.6. The zero-order valence-corrected chi connectivity index (χ0v) is 17.1. The molecule has 5 heteroatoms. The fourth-order valence-corrected chi connectivity index (χ4v) is 3.12. The van der Waals surface area contributed by atoms with Crippen molar-refractivity contribution in [1.82, 2.24) is 4.57 Å². The van der Waals surface area contributed by atoms with Crippen LogP contribution in [0.3, 0.4) is 0 Å². The van der Waals surface area contributed by atoms with Crippen molar-refractivity contribution in [2.45, 2.75) is 66.8 Å². The minimum Gasteiger partial charge on any atom is -0.493 e. The summed E-state index contributed by atoms with van der Waals surface area (Å²) in [6.45, 7) is 10.4. The van der Waals surface area contributed by atoms with Crippen LogP contribution in [0.2, 0.25) is 0 Å². The molecular weight excluding hydrogens is 338 g/mol. The van der Waals surface area contributed by atoms with Crippen molar-refractivity contribution in [2.75, 3.05) is 0 Å². The highest BCUT2D eigenvalue weighted by Crippen LogP contribution is 2.33. The number of nitrogens with zero attached hydrogens (tertiary/aromatic N) is 3. The second-order valence-corrected chi connectivity index (χ2v) is 7.29. The van der Waals surface area contributed by atoms with Crippen LogP contribution in [0.25, 0.3) is 0 Å². The minimum atomic E-state index is -0.144. The van der Waals surface area contributed by atoms with E-state index in [9.17, 15) is 9.90 Å². The summed E-state index contributed by atoms with van der Waals surface area (Å²) >= 11 is 0. The Morgan fingerprint density at radius 3 is 2.30 bits per heavy atom. The number of azo groups is 1. The summed E-state index contributed by atoms with van der Waals surface area (Å²) in [5, 5.41) is 19.3. The average Bonchev–Trinajstić information content (AvgIpc) is 2.67. The van der Waals surface area contributed by atoms with Gasteiger partial charge in [-0.3, -0.25) is 9.36 Å². The van der Waals surface area contributed by atoms with Gasteiger partial charge in [-0.15, -0.1) is 5.11 Å². The van der Waals surface area contributed by atoms with Crippen molar-refractivity contribution in [2.24, 2.45) is 16.1 Å². The summed E-state index contributed by atoms with van der Waals surface area (Å²) in [7, 11) is 0. The lowest BCUT2D eigenvalue weighted by Crippen LogP contribution is -2.26. The standard InChI is InChI=1S/C22H31N3O2/c1-6-8-9-18(7-2)14-25-21(26)17(5)16(4)20(22(25)27)24-23-19-12-10-15(3)11-13-19/h10-13,18,27H,6-9,14H2,1-5H3/b24-23+/t18-/m0/s1. The van der Waals surface area contributed by atoms with Gasteiger partial charge in [0.15, 0.2) is 0 Å². The number of pyridine rings is 1. The molecule has 1 N–H and O–H groups in total. The highest BCUT2D eigenvalue weighted by atomic mass is 16.3. The third kappa shape index (κ3) is 5.06. The first-order valence-corrected chi connectivity index (χ1v) is 9.80. The lowest BCUT2D eigenvalue weighted by atomic mass is 9.99. The molecule has 27 heavy (non-hydrogen) atoms. The smallest absolute Gasteiger partial charge is 0.256 e. The van der Waals surface area contributed by atoms with Crippen molar-refractivity contribution in [3.8, 4) is 5.88 Å². The summed E-state index contributed by atoms with van der Waals surface area (Å²) in [5.41, 5.74) is 3.37. The van der Waals surface area contributed by atoms with Crippen molar-refractivity contribution in [3.63, 3.8) is 0 Å². The van der Waals surface area contributed by atoms with Crippen LogP contribution < -0.4 is 5.56 Å². The van der Waals surface area contributed by atoms with E-state index in [1.807, 2.05) is 31.2 Å². The van der Waals surface area contributed by atoms with Gasteiger partial charge in [-0.2, -0.15) is 5.11 Å². The van der Waals surface area contributed by atoms with E-state index in [0.717, 1.165) is 31.2 Å². The molecule has 0 saturated carbocycles.